The van der Waals surface area contributed by atoms with Crippen LogP contribution in [0, 0.1) is 6.92 Å². The third kappa shape index (κ3) is 5.58. The molecule has 0 bridgehead atoms. The second-order valence-corrected chi connectivity index (χ2v) is 12.8. The van der Waals surface area contributed by atoms with E-state index >= 15 is 0 Å². The number of nitrogens with zero attached hydrogens (tertiary/aromatic N) is 3. The first-order chi connectivity index (χ1) is 16.6. The summed E-state index contributed by atoms with van der Waals surface area (Å²) in [5.74, 6) is -0.116. The highest BCUT2D eigenvalue weighted by molar-refractivity contribution is 8.14. The molecule has 35 heavy (non-hydrogen) atoms. The molecule has 1 fully saturated rings. The van der Waals surface area contributed by atoms with E-state index in [9.17, 15) is 18.0 Å². The summed E-state index contributed by atoms with van der Waals surface area (Å²) in [5.41, 5.74) is 1.69. The summed E-state index contributed by atoms with van der Waals surface area (Å²) in [5, 5.41) is 2.68. The van der Waals surface area contributed by atoms with Crippen LogP contribution in [0.15, 0.2) is 40.3 Å². The Bertz CT molecular complexity index is 1340. The van der Waals surface area contributed by atoms with Crippen molar-refractivity contribution in [3.8, 4) is 5.75 Å². The molecular weight excluding hydrogens is 530 g/mol. The monoisotopic (exact) mass is 553 g/mol. The predicted molar refractivity (Wildman–Crippen MR) is 142 cm³/mol. The maximum atomic E-state index is 13.5. The lowest BCUT2D eigenvalue weighted by Gasteiger charge is -2.24. The number of aryl methyl sites for hydroxylation is 1. The van der Waals surface area contributed by atoms with Gasteiger partial charge >= 0.3 is 0 Å². The van der Waals surface area contributed by atoms with Crippen LogP contribution in [-0.2, 0) is 19.4 Å². The number of amidine groups is 1. The summed E-state index contributed by atoms with van der Waals surface area (Å²) in [4.78, 5) is 34.7. The fourth-order valence-corrected chi connectivity index (χ4v) is 7.54. The van der Waals surface area contributed by atoms with E-state index in [1.54, 1.807) is 31.3 Å². The van der Waals surface area contributed by atoms with Crippen LogP contribution >= 0.6 is 34.7 Å². The van der Waals surface area contributed by atoms with E-state index in [1.807, 2.05) is 18.4 Å². The number of ether oxygens (including phenoxy) is 1. The lowest BCUT2D eigenvalue weighted by Crippen LogP contribution is -2.39. The van der Waals surface area contributed by atoms with Gasteiger partial charge in [-0.05, 0) is 54.6 Å². The number of rotatable bonds is 6. The zero-order valence-corrected chi connectivity index (χ0v) is 22.6. The van der Waals surface area contributed by atoms with Gasteiger partial charge in [-0.25, -0.2) is 18.3 Å². The van der Waals surface area contributed by atoms with Gasteiger partial charge in [0.25, 0.3) is 5.91 Å². The first-order valence-electron chi connectivity index (χ1n) is 10.7. The molecule has 8 nitrogen and oxygen atoms in total. The van der Waals surface area contributed by atoms with Gasteiger partial charge < -0.3 is 9.64 Å². The number of sulfone groups is 1. The highest BCUT2D eigenvalue weighted by Crippen LogP contribution is 2.37. The average molecular weight is 554 g/mol. The minimum atomic E-state index is -3.11. The SMILES string of the molecule is COc1ccc(Cl)cc1N1C(=O)C(=Cc2sccc2C)N=C1SCC(=O)N(C)C1CCS(=O)(=O)C1. The number of carbonyl (C=O) groups is 2. The number of thioether (sulfide) groups is 1. The number of hydrogen-bond donors (Lipinski definition) is 0. The highest BCUT2D eigenvalue weighted by atomic mass is 35.5. The van der Waals surface area contributed by atoms with Gasteiger partial charge in [0.15, 0.2) is 15.0 Å². The number of anilines is 1. The second kappa shape index (κ2) is 10.3. The van der Waals surface area contributed by atoms with Gasteiger partial charge in [0.05, 0.1) is 30.1 Å². The van der Waals surface area contributed by atoms with E-state index < -0.39 is 9.84 Å². The third-order valence-corrected chi connectivity index (χ3v) is 9.73. The average Bonchev–Trinajstić information content (AvgIpc) is 3.48. The van der Waals surface area contributed by atoms with E-state index in [0.717, 1.165) is 22.2 Å². The molecule has 12 heteroatoms. The minimum Gasteiger partial charge on any atom is -0.495 e. The molecule has 1 aromatic heterocycles. The van der Waals surface area contributed by atoms with Crippen LogP contribution < -0.4 is 9.64 Å². The first-order valence-corrected chi connectivity index (χ1v) is 14.8. The molecule has 2 aliphatic heterocycles. The molecule has 2 amide bonds. The minimum absolute atomic E-state index is 0.0101. The smallest absolute Gasteiger partial charge is 0.283 e. The largest absolute Gasteiger partial charge is 0.495 e. The summed E-state index contributed by atoms with van der Waals surface area (Å²) in [6.45, 7) is 1.96. The molecule has 1 aromatic carbocycles. The number of aliphatic imine (C=N–C) groups is 1. The summed E-state index contributed by atoms with van der Waals surface area (Å²) >= 11 is 8.84. The number of carbonyl (C=O) groups excluding carboxylic acids is 2. The maximum Gasteiger partial charge on any atom is 0.283 e. The van der Waals surface area contributed by atoms with E-state index in [0.29, 0.717) is 28.0 Å². The highest BCUT2D eigenvalue weighted by Gasteiger charge is 2.36. The van der Waals surface area contributed by atoms with Crippen LogP contribution in [0.5, 0.6) is 5.75 Å². The molecule has 2 aliphatic rings. The van der Waals surface area contributed by atoms with Crippen LogP contribution in [0.3, 0.4) is 0 Å². The fraction of sp³-hybridized carbons (Fsp3) is 0.348. The van der Waals surface area contributed by atoms with E-state index in [4.69, 9.17) is 16.3 Å². The van der Waals surface area contributed by atoms with Crippen LogP contribution in [0.2, 0.25) is 5.02 Å². The van der Waals surface area contributed by atoms with Gasteiger partial charge in [0.1, 0.15) is 11.4 Å². The molecule has 0 saturated carbocycles. The summed E-state index contributed by atoms with van der Waals surface area (Å²) in [7, 11) is -0.00749. The normalized spacial score (nSPS) is 20.4. The second-order valence-electron chi connectivity index (χ2n) is 8.20. The van der Waals surface area contributed by atoms with E-state index in [2.05, 4.69) is 4.99 Å². The molecule has 0 aliphatic carbocycles. The van der Waals surface area contributed by atoms with Crippen molar-refractivity contribution in [3.63, 3.8) is 0 Å². The van der Waals surface area contributed by atoms with Crippen LogP contribution in [0.4, 0.5) is 5.69 Å². The van der Waals surface area contributed by atoms with Crippen molar-refractivity contribution in [1.29, 1.82) is 0 Å². The number of hydrogen-bond acceptors (Lipinski definition) is 8. The Morgan fingerprint density at radius 3 is 2.80 bits per heavy atom. The number of halogens is 1. The fourth-order valence-electron chi connectivity index (χ4n) is 3.81. The Balaban J connectivity index is 1.62. The molecular formula is C23H24ClN3O5S3. The van der Waals surface area contributed by atoms with Gasteiger partial charge in [-0.1, -0.05) is 23.4 Å². The molecule has 186 valence electrons. The van der Waals surface area contributed by atoms with E-state index in [1.165, 1.54) is 28.2 Å². The lowest BCUT2D eigenvalue weighted by atomic mass is 10.2. The summed E-state index contributed by atoms with van der Waals surface area (Å²) in [6.07, 6.45) is 2.16. The zero-order valence-electron chi connectivity index (χ0n) is 19.4. The van der Waals surface area contributed by atoms with Crippen LogP contribution in [-0.4, -0.2) is 67.8 Å². The Morgan fingerprint density at radius 1 is 1.40 bits per heavy atom. The van der Waals surface area contributed by atoms with Crippen molar-refractivity contribution in [3.05, 3.63) is 50.8 Å². The molecule has 1 atom stereocenters. The van der Waals surface area contributed by atoms with Crippen LogP contribution in [0.25, 0.3) is 6.08 Å². The van der Waals surface area contributed by atoms with Crippen LogP contribution in [0.1, 0.15) is 16.9 Å². The Hall–Kier alpha value is -2.34. The standard InChI is InChI=1S/C23H24ClN3O5S3/c1-14-6-8-33-20(14)11-17-22(29)27(18-10-15(24)4-5-19(18)32-3)23(25-17)34-12-21(28)26(2)16-7-9-35(30,31)13-16/h4-6,8,10-11,16H,7,9,12-13H2,1-3H3. The summed E-state index contributed by atoms with van der Waals surface area (Å²) < 4.78 is 29.1. The first kappa shape index (κ1) is 25.7. The molecule has 0 N–H and O–H groups in total. The van der Waals surface area contributed by atoms with Crippen molar-refractivity contribution in [2.75, 3.05) is 36.3 Å². The third-order valence-electron chi connectivity index (χ3n) is 5.86. The van der Waals surface area contributed by atoms with Crippen molar-refractivity contribution in [2.24, 2.45) is 4.99 Å². The lowest BCUT2D eigenvalue weighted by molar-refractivity contribution is -0.128. The number of thiophene rings is 1. The quantitative estimate of drug-likeness (QED) is 0.504. The number of amides is 2. The molecule has 1 saturated heterocycles. The Labute approximate surface area is 217 Å². The predicted octanol–water partition coefficient (Wildman–Crippen LogP) is 3.84. The molecule has 0 spiro atoms. The van der Waals surface area contributed by atoms with Crippen molar-refractivity contribution in [1.82, 2.24) is 4.90 Å². The van der Waals surface area contributed by atoms with Gasteiger partial charge in [-0.2, -0.15) is 0 Å². The number of benzene rings is 1. The van der Waals surface area contributed by atoms with Crippen molar-refractivity contribution in [2.45, 2.75) is 19.4 Å². The van der Waals surface area contributed by atoms with Gasteiger partial charge in [0, 0.05) is 23.0 Å². The zero-order chi connectivity index (χ0) is 25.3. The topological polar surface area (TPSA) is 96.3 Å². The van der Waals surface area contributed by atoms with Gasteiger partial charge in [-0.15, -0.1) is 11.3 Å². The Morgan fingerprint density at radius 2 is 2.17 bits per heavy atom. The molecule has 3 heterocycles. The maximum absolute atomic E-state index is 13.5. The van der Waals surface area contributed by atoms with Crippen molar-refractivity contribution >= 4 is 73.3 Å². The van der Waals surface area contributed by atoms with E-state index in [-0.39, 0.29) is 40.8 Å². The van der Waals surface area contributed by atoms with Gasteiger partial charge in [-0.3, -0.25) is 9.59 Å². The molecule has 1 unspecified atom stereocenters. The van der Waals surface area contributed by atoms with Gasteiger partial charge in [0.2, 0.25) is 5.91 Å². The molecule has 2 aromatic rings. The number of methoxy groups -OCH3 is 1. The molecule has 0 radical (unpaired) electrons. The molecule has 4 rings (SSSR count). The van der Waals surface area contributed by atoms with Crippen molar-refractivity contribution < 1.29 is 22.7 Å². The Kier molecular flexibility index (Phi) is 7.60. The summed E-state index contributed by atoms with van der Waals surface area (Å²) in [6, 6.07) is 6.56.